The molecule has 0 aromatic heterocycles. The van der Waals surface area contributed by atoms with Crippen LogP contribution in [0.2, 0.25) is 0 Å². The van der Waals surface area contributed by atoms with Crippen molar-refractivity contribution in [2.75, 3.05) is 13.2 Å². The summed E-state index contributed by atoms with van der Waals surface area (Å²) >= 11 is 0. The third kappa shape index (κ3) is 3.53. The van der Waals surface area contributed by atoms with E-state index in [-0.39, 0.29) is 6.29 Å². The number of carbonyl (C=O) groups excluding carboxylic acids is 1. The Morgan fingerprint density at radius 1 is 1.04 bits per heavy atom. The maximum absolute atomic E-state index is 10.6. The average Bonchev–Trinajstić information content (AvgIpc) is 2.56. The molecule has 0 bridgehead atoms. The largest absolute Gasteiger partial charge is 0.394 e. The number of hydrogen-bond donors (Lipinski definition) is 9. The van der Waals surface area contributed by atoms with Crippen LogP contribution in [-0.2, 0) is 9.53 Å². The summed E-state index contributed by atoms with van der Waals surface area (Å²) in [4.78, 5) is 10.6. The second-order valence-electron chi connectivity index (χ2n) is 5.41. The van der Waals surface area contributed by atoms with E-state index in [9.17, 15) is 40.5 Å². The van der Waals surface area contributed by atoms with Crippen molar-refractivity contribution in [2.24, 2.45) is 0 Å². The van der Waals surface area contributed by atoms with Crippen LogP contribution >= 0.6 is 0 Å². The van der Waals surface area contributed by atoms with Crippen molar-refractivity contribution in [1.29, 1.82) is 0 Å². The fourth-order valence-corrected chi connectivity index (χ4v) is 2.53. The minimum absolute atomic E-state index is 0.163. The van der Waals surface area contributed by atoms with Gasteiger partial charge in [-0.2, -0.15) is 0 Å². The molecular weight excluding hydrogens is 320 g/mol. The zero-order valence-electron chi connectivity index (χ0n) is 12.0. The zero-order valence-corrected chi connectivity index (χ0v) is 12.0. The number of hydrogen-bond acceptors (Lipinski definition) is 11. The second-order valence-corrected chi connectivity index (χ2v) is 5.41. The molecule has 1 fully saturated rings. The van der Waals surface area contributed by atoms with E-state index in [0.29, 0.717) is 0 Å². The molecule has 9 N–H and O–H groups in total. The van der Waals surface area contributed by atoms with Gasteiger partial charge in [-0.3, -0.25) is 0 Å². The molecule has 0 saturated carbocycles. The first kappa shape index (κ1) is 20.3. The Morgan fingerprint density at radius 2 is 1.61 bits per heavy atom. The van der Waals surface area contributed by atoms with Gasteiger partial charge >= 0.3 is 0 Å². The summed E-state index contributed by atoms with van der Waals surface area (Å²) in [6.07, 6.45) is -16.3. The first-order valence-electron chi connectivity index (χ1n) is 6.79. The Labute approximate surface area is 130 Å². The van der Waals surface area contributed by atoms with Gasteiger partial charge in [0.1, 0.15) is 54.4 Å². The van der Waals surface area contributed by atoms with Crippen LogP contribution in [0.15, 0.2) is 0 Å². The third-order valence-electron chi connectivity index (χ3n) is 3.99. The molecule has 136 valence electrons. The maximum Gasteiger partial charge on any atom is 0.151 e. The van der Waals surface area contributed by atoms with Crippen LogP contribution in [0, 0.1) is 0 Å². The number of aliphatic hydroxyl groups is 9. The fourth-order valence-electron chi connectivity index (χ4n) is 2.53. The molecule has 11 heteroatoms. The Hall–Kier alpha value is -0.730. The molecule has 1 aliphatic heterocycles. The highest BCUT2D eigenvalue weighted by molar-refractivity contribution is 5.57. The number of carbonyl (C=O) groups is 1. The molecule has 0 spiro atoms. The summed E-state index contributed by atoms with van der Waals surface area (Å²) in [5.74, 6) is 0. The molecule has 1 unspecified atom stereocenters. The van der Waals surface area contributed by atoms with Crippen LogP contribution in [0.4, 0.5) is 0 Å². The van der Waals surface area contributed by atoms with Gasteiger partial charge in [0.2, 0.25) is 0 Å². The summed E-state index contributed by atoms with van der Waals surface area (Å²) in [6.45, 7) is -2.01. The molecule has 0 aromatic carbocycles. The SMILES string of the molecule is O=C[C@@H](O)[C@@H](O)[C@@](O)(C1O[C@H](CO)[C@@H](O)[C@H](O)[C@H]1O)[C@H](O)CO. The van der Waals surface area contributed by atoms with Crippen molar-refractivity contribution in [2.45, 2.75) is 54.4 Å². The lowest BCUT2D eigenvalue weighted by Crippen LogP contribution is -2.73. The van der Waals surface area contributed by atoms with E-state index in [2.05, 4.69) is 0 Å². The van der Waals surface area contributed by atoms with Gasteiger partial charge in [0.25, 0.3) is 0 Å². The molecule has 1 heterocycles. The predicted octanol–water partition coefficient (Wildman–Crippen LogP) is -6.17. The van der Waals surface area contributed by atoms with Crippen molar-refractivity contribution < 1.29 is 55.5 Å². The van der Waals surface area contributed by atoms with Gasteiger partial charge in [-0.25, -0.2) is 0 Å². The number of aliphatic hydroxyl groups excluding tert-OH is 8. The highest BCUT2D eigenvalue weighted by Crippen LogP contribution is 2.33. The Bertz CT molecular complexity index is 391. The minimum Gasteiger partial charge on any atom is -0.394 e. The summed E-state index contributed by atoms with van der Waals surface area (Å²) in [5.41, 5.74) is -3.00. The van der Waals surface area contributed by atoms with Crippen LogP contribution in [-0.4, -0.2) is 120 Å². The van der Waals surface area contributed by atoms with Crippen molar-refractivity contribution >= 4 is 6.29 Å². The van der Waals surface area contributed by atoms with Crippen LogP contribution in [0.25, 0.3) is 0 Å². The van der Waals surface area contributed by atoms with E-state index in [1.165, 1.54) is 0 Å². The smallest absolute Gasteiger partial charge is 0.151 e. The Balaban J connectivity index is 3.27. The van der Waals surface area contributed by atoms with Gasteiger partial charge in [0.15, 0.2) is 6.29 Å². The van der Waals surface area contributed by atoms with Crippen molar-refractivity contribution in [3.8, 4) is 0 Å². The van der Waals surface area contributed by atoms with Gasteiger partial charge in [0, 0.05) is 0 Å². The predicted molar refractivity (Wildman–Crippen MR) is 69.9 cm³/mol. The summed E-state index contributed by atoms with van der Waals surface area (Å²) < 4.78 is 5.02. The Morgan fingerprint density at radius 3 is 2.04 bits per heavy atom. The Kier molecular flexibility index (Phi) is 6.97. The molecule has 0 aliphatic carbocycles. The first-order chi connectivity index (χ1) is 10.7. The monoisotopic (exact) mass is 342 g/mol. The van der Waals surface area contributed by atoms with E-state index < -0.39 is 67.6 Å². The standard InChI is InChI=1S/C12H22O11/c13-1-4(16)10(21)12(22,6(17)3-15)11-9(20)8(19)7(18)5(2-14)23-11/h1,4-11,14-22H,2-3H2/t4-,5-,6-,7-,8+,9-,10-,11?,12-/m1/s1. The molecule has 1 saturated heterocycles. The number of rotatable bonds is 7. The maximum atomic E-state index is 10.6. The minimum atomic E-state index is -3.00. The normalized spacial score (nSPS) is 38.4. The molecule has 11 nitrogen and oxygen atoms in total. The average molecular weight is 342 g/mol. The summed E-state index contributed by atoms with van der Waals surface area (Å²) in [5, 5.41) is 87.1. The first-order valence-corrected chi connectivity index (χ1v) is 6.79. The molecule has 1 aliphatic rings. The zero-order chi connectivity index (χ0) is 17.9. The molecule has 0 amide bonds. The highest BCUT2D eigenvalue weighted by atomic mass is 16.6. The molecule has 0 aromatic rings. The van der Waals surface area contributed by atoms with Crippen LogP contribution in [0.1, 0.15) is 0 Å². The third-order valence-corrected chi connectivity index (χ3v) is 3.99. The highest BCUT2D eigenvalue weighted by Gasteiger charge is 2.59. The van der Waals surface area contributed by atoms with Crippen LogP contribution in [0.3, 0.4) is 0 Å². The van der Waals surface area contributed by atoms with Crippen molar-refractivity contribution in [1.82, 2.24) is 0 Å². The van der Waals surface area contributed by atoms with E-state index in [1.54, 1.807) is 0 Å². The quantitative estimate of drug-likeness (QED) is 0.199. The van der Waals surface area contributed by atoms with Gasteiger partial charge in [-0.1, -0.05) is 0 Å². The summed E-state index contributed by atoms with van der Waals surface area (Å²) in [6, 6.07) is 0. The number of aldehydes is 1. The van der Waals surface area contributed by atoms with Crippen molar-refractivity contribution in [3.05, 3.63) is 0 Å². The van der Waals surface area contributed by atoms with Crippen LogP contribution in [0.5, 0.6) is 0 Å². The number of ether oxygens (including phenoxy) is 1. The van der Waals surface area contributed by atoms with Crippen molar-refractivity contribution in [3.63, 3.8) is 0 Å². The lowest BCUT2D eigenvalue weighted by Gasteiger charge is -2.49. The second kappa shape index (κ2) is 7.90. The van der Waals surface area contributed by atoms with Gasteiger partial charge in [-0.15, -0.1) is 0 Å². The fraction of sp³-hybridized carbons (Fsp3) is 0.917. The van der Waals surface area contributed by atoms with E-state index in [4.69, 9.17) is 14.9 Å². The molecule has 9 atom stereocenters. The van der Waals surface area contributed by atoms with Gasteiger partial charge in [0.05, 0.1) is 13.2 Å². The topological polar surface area (TPSA) is 208 Å². The molecule has 23 heavy (non-hydrogen) atoms. The molecular formula is C12H22O11. The van der Waals surface area contributed by atoms with E-state index in [1.807, 2.05) is 0 Å². The van der Waals surface area contributed by atoms with Gasteiger partial charge < -0.3 is 55.5 Å². The van der Waals surface area contributed by atoms with E-state index in [0.717, 1.165) is 0 Å². The van der Waals surface area contributed by atoms with Gasteiger partial charge in [-0.05, 0) is 0 Å². The molecule has 0 radical (unpaired) electrons. The lowest BCUT2D eigenvalue weighted by atomic mass is 9.76. The van der Waals surface area contributed by atoms with Crippen LogP contribution < -0.4 is 0 Å². The molecule has 1 rings (SSSR count). The van der Waals surface area contributed by atoms with E-state index >= 15 is 0 Å². The summed E-state index contributed by atoms with van der Waals surface area (Å²) in [7, 11) is 0. The lowest BCUT2D eigenvalue weighted by molar-refractivity contribution is -0.309.